The summed E-state index contributed by atoms with van der Waals surface area (Å²) in [6.07, 6.45) is -12.3. The van der Waals surface area contributed by atoms with Crippen LogP contribution in [0.2, 0.25) is 0 Å². The lowest BCUT2D eigenvalue weighted by Crippen LogP contribution is -2.50. The zero-order valence-corrected chi connectivity index (χ0v) is 12.9. The van der Waals surface area contributed by atoms with Crippen LogP contribution in [-0.2, 0) is 6.18 Å². The minimum Gasteiger partial charge on any atom is -0.382 e. The molecule has 1 saturated heterocycles. The van der Waals surface area contributed by atoms with Crippen molar-refractivity contribution in [3.8, 4) is 6.07 Å². The highest BCUT2D eigenvalue weighted by Crippen LogP contribution is 2.58. The minimum absolute atomic E-state index is 0.0151. The molecule has 2 fully saturated rings. The zero-order chi connectivity index (χ0) is 18.7. The van der Waals surface area contributed by atoms with Crippen molar-refractivity contribution in [2.75, 3.05) is 11.4 Å². The Bertz CT molecular complexity index is 723. The molecule has 2 aliphatic rings. The van der Waals surface area contributed by atoms with E-state index in [0.29, 0.717) is 6.07 Å². The van der Waals surface area contributed by atoms with E-state index in [-0.39, 0.29) is 24.1 Å². The lowest BCUT2D eigenvalue weighted by atomic mass is 10.0. The van der Waals surface area contributed by atoms with Gasteiger partial charge in [-0.1, -0.05) is 6.92 Å². The molecule has 1 heterocycles. The van der Waals surface area contributed by atoms with Gasteiger partial charge in [-0.25, -0.2) is 0 Å². The largest absolute Gasteiger partial charge is 0.417 e. The van der Waals surface area contributed by atoms with Gasteiger partial charge >= 0.3 is 12.4 Å². The van der Waals surface area contributed by atoms with Crippen LogP contribution in [0.5, 0.6) is 0 Å². The van der Waals surface area contributed by atoms with Crippen molar-refractivity contribution in [3.05, 3.63) is 29.3 Å². The number of rotatable bonds is 2. The molecule has 0 aromatic heterocycles. The fourth-order valence-corrected chi connectivity index (χ4v) is 3.88. The number of nitrogens with zero attached hydrogens (tertiary/aromatic N) is 2. The quantitative estimate of drug-likeness (QED) is 0.817. The smallest absolute Gasteiger partial charge is 0.382 e. The summed E-state index contributed by atoms with van der Waals surface area (Å²) < 4.78 is 78.3. The molecule has 3 rings (SSSR count). The Morgan fingerprint density at radius 1 is 1.24 bits per heavy atom. The van der Waals surface area contributed by atoms with E-state index in [2.05, 4.69) is 0 Å². The van der Waals surface area contributed by atoms with Crippen molar-refractivity contribution < 1.29 is 31.4 Å². The SMILES string of the molecule is C[C@@H]1[C@@H]2CN(c3ccc(C#N)c(C(F)(F)F)c3)[C@@H]([C@H](O)C(F)(F)F)[C@H]12. The number of aliphatic hydroxyl groups excluding tert-OH is 1. The number of hydrogen-bond acceptors (Lipinski definition) is 3. The highest BCUT2D eigenvalue weighted by Gasteiger charge is 2.64. The van der Waals surface area contributed by atoms with E-state index in [9.17, 15) is 31.4 Å². The molecule has 3 nitrogen and oxygen atoms in total. The Balaban J connectivity index is 2.00. The number of hydrogen-bond donors (Lipinski definition) is 1. The number of fused-ring (bicyclic) bond motifs is 1. The highest BCUT2D eigenvalue weighted by atomic mass is 19.4. The van der Waals surface area contributed by atoms with Gasteiger partial charge in [0.25, 0.3) is 0 Å². The molecule has 0 spiro atoms. The lowest BCUT2D eigenvalue weighted by Gasteiger charge is -2.35. The average molecular weight is 364 g/mol. The fourth-order valence-electron chi connectivity index (χ4n) is 3.88. The van der Waals surface area contributed by atoms with Gasteiger partial charge in [0.1, 0.15) is 0 Å². The maximum Gasteiger partial charge on any atom is 0.417 e. The van der Waals surface area contributed by atoms with Crippen molar-refractivity contribution in [1.82, 2.24) is 0 Å². The second-order valence-electron chi connectivity index (χ2n) is 6.57. The summed E-state index contributed by atoms with van der Waals surface area (Å²) in [5, 5.41) is 18.5. The third-order valence-electron chi connectivity index (χ3n) is 5.22. The van der Waals surface area contributed by atoms with E-state index in [1.807, 2.05) is 0 Å². The van der Waals surface area contributed by atoms with Crippen LogP contribution < -0.4 is 4.90 Å². The van der Waals surface area contributed by atoms with Gasteiger partial charge in [-0.15, -0.1) is 0 Å². The molecule has 1 N–H and O–H groups in total. The molecule has 1 aliphatic carbocycles. The lowest BCUT2D eigenvalue weighted by molar-refractivity contribution is -0.210. The molecular weight excluding hydrogens is 350 g/mol. The second-order valence-corrected chi connectivity index (χ2v) is 6.57. The molecular formula is C16H14F6N2O. The van der Waals surface area contributed by atoms with E-state index in [1.54, 1.807) is 6.92 Å². The first kappa shape index (κ1) is 17.9. The van der Waals surface area contributed by atoms with Gasteiger partial charge < -0.3 is 10.0 Å². The molecule has 0 amide bonds. The third-order valence-corrected chi connectivity index (χ3v) is 5.22. The van der Waals surface area contributed by atoms with Crippen LogP contribution in [0.4, 0.5) is 32.0 Å². The summed E-state index contributed by atoms with van der Waals surface area (Å²) in [7, 11) is 0. The fraction of sp³-hybridized carbons (Fsp3) is 0.562. The van der Waals surface area contributed by atoms with Gasteiger partial charge in [0, 0.05) is 12.2 Å². The van der Waals surface area contributed by atoms with Crippen LogP contribution in [0.1, 0.15) is 18.1 Å². The van der Waals surface area contributed by atoms with Crippen molar-refractivity contribution in [1.29, 1.82) is 5.26 Å². The van der Waals surface area contributed by atoms with Crippen molar-refractivity contribution in [2.45, 2.75) is 31.4 Å². The molecule has 1 aromatic rings. The zero-order valence-electron chi connectivity index (χ0n) is 12.9. The van der Waals surface area contributed by atoms with Crippen LogP contribution in [0.3, 0.4) is 0 Å². The first-order chi connectivity index (χ1) is 11.5. The van der Waals surface area contributed by atoms with Gasteiger partial charge in [-0.05, 0) is 36.0 Å². The summed E-state index contributed by atoms with van der Waals surface area (Å²) in [6.45, 7) is 1.91. The van der Waals surface area contributed by atoms with E-state index in [0.717, 1.165) is 6.07 Å². The molecule has 9 heteroatoms. The van der Waals surface area contributed by atoms with Gasteiger partial charge in [0.2, 0.25) is 0 Å². The van der Waals surface area contributed by atoms with E-state index >= 15 is 0 Å². The Morgan fingerprint density at radius 3 is 2.40 bits per heavy atom. The maximum atomic E-state index is 13.1. The first-order valence-electron chi connectivity index (χ1n) is 7.59. The number of piperidine rings is 1. The molecule has 0 unspecified atom stereocenters. The van der Waals surface area contributed by atoms with Gasteiger partial charge in [0.05, 0.1) is 23.2 Å². The van der Waals surface area contributed by atoms with Gasteiger partial charge in [-0.3, -0.25) is 0 Å². The van der Waals surface area contributed by atoms with E-state index in [1.165, 1.54) is 17.0 Å². The number of halogens is 6. The summed E-state index contributed by atoms with van der Waals surface area (Å²) in [4.78, 5) is 1.18. The molecule has 5 atom stereocenters. The average Bonchev–Trinajstić information content (AvgIpc) is 2.96. The number of nitriles is 1. The normalized spacial score (nSPS) is 30.0. The Labute approximate surface area is 139 Å². The summed E-state index contributed by atoms with van der Waals surface area (Å²) in [6, 6.07) is 2.94. The molecule has 25 heavy (non-hydrogen) atoms. The number of anilines is 1. The Morgan fingerprint density at radius 2 is 1.88 bits per heavy atom. The van der Waals surface area contributed by atoms with Gasteiger partial charge in [0.15, 0.2) is 6.10 Å². The summed E-state index contributed by atoms with van der Waals surface area (Å²) in [5.74, 6) is -0.521. The Hall–Kier alpha value is -1.95. The molecule has 136 valence electrons. The molecule has 1 aliphatic heterocycles. The monoisotopic (exact) mass is 364 g/mol. The highest BCUT2D eigenvalue weighted by molar-refractivity contribution is 5.57. The summed E-state index contributed by atoms with van der Waals surface area (Å²) >= 11 is 0. The molecule has 0 radical (unpaired) electrons. The standard InChI is InChI=1S/C16H14F6N2O/c1-7-10-6-24(13(12(7)10)14(25)16(20,21)22)9-3-2-8(5-23)11(4-9)15(17,18)19/h2-4,7,10,12-14,25H,6H2,1H3/t7-,10+,12-,13-,14+/m1/s1. The number of alkyl halides is 6. The number of benzene rings is 1. The van der Waals surface area contributed by atoms with Crippen LogP contribution in [0.25, 0.3) is 0 Å². The van der Waals surface area contributed by atoms with Crippen LogP contribution in [0.15, 0.2) is 18.2 Å². The molecule has 1 saturated carbocycles. The third kappa shape index (κ3) is 2.92. The van der Waals surface area contributed by atoms with Crippen molar-refractivity contribution >= 4 is 5.69 Å². The topological polar surface area (TPSA) is 47.3 Å². The van der Waals surface area contributed by atoms with Gasteiger partial charge in [-0.2, -0.15) is 31.6 Å². The molecule has 1 aromatic carbocycles. The predicted molar refractivity (Wildman–Crippen MR) is 75.5 cm³/mol. The van der Waals surface area contributed by atoms with Crippen molar-refractivity contribution in [3.63, 3.8) is 0 Å². The van der Waals surface area contributed by atoms with Crippen LogP contribution >= 0.6 is 0 Å². The molecule has 0 bridgehead atoms. The van der Waals surface area contributed by atoms with E-state index < -0.39 is 41.5 Å². The number of aliphatic hydroxyl groups is 1. The Kier molecular flexibility index (Phi) is 3.95. The predicted octanol–water partition coefficient (Wildman–Crippen LogP) is 3.57. The van der Waals surface area contributed by atoms with Crippen molar-refractivity contribution in [2.24, 2.45) is 17.8 Å². The van der Waals surface area contributed by atoms with E-state index in [4.69, 9.17) is 5.26 Å². The van der Waals surface area contributed by atoms with Crippen LogP contribution in [0, 0.1) is 29.1 Å². The minimum atomic E-state index is -4.86. The maximum absolute atomic E-state index is 13.1. The first-order valence-corrected chi connectivity index (χ1v) is 7.59. The van der Waals surface area contributed by atoms with Crippen LogP contribution in [-0.4, -0.2) is 30.0 Å². The second kappa shape index (κ2) is 5.53. The summed E-state index contributed by atoms with van der Waals surface area (Å²) in [5.41, 5.74) is -1.86.